The molecule has 5 nitrogen and oxygen atoms in total. The monoisotopic (exact) mass is 449 g/mol. The van der Waals surface area contributed by atoms with Gasteiger partial charge in [-0.25, -0.2) is 0 Å². The molecule has 0 atom stereocenters. The predicted molar refractivity (Wildman–Crippen MR) is 133 cm³/mol. The van der Waals surface area contributed by atoms with Gasteiger partial charge in [0.15, 0.2) is 0 Å². The lowest BCUT2D eigenvalue weighted by Gasteiger charge is -2.02. The quantitative estimate of drug-likeness (QED) is 0.296. The van der Waals surface area contributed by atoms with Crippen molar-refractivity contribution in [2.24, 2.45) is 7.05 Å². The maximum Gasteiger partial charge on any atom is 0.105 e. The number of hydrogen-bond acceptors (Lipinski definition) is 6. The van der Waals surface area contributed by atoms with E-state index in [2.05, 4.69) is 67.9 Å². The lowest BCUT2D eigenvalue weighted by Crippen LogP contribution is -1.86. The zero-order valence-electron chi connectivity index (χ0n) is 17.0. The molecular formula is C25H15N5S2. The number of fused-ring (bicyclic) bond motifs is 5. The van der Waals surface area contributed by atoms with E-state index < -0.39 is 0 Å². The van der Waals surface area contributed by atoms with E-state index in [1.807, 2.05) is 23.5 Å². The Labute approximate surface area is 190 Å². The number of aryl methyl sites for hydroxylation is 1. The molecule has 2 aromatic carbocycles. The van der Waals surface area contributed by atoms with E-state index in [0.29, 0.717) is 0 Å². The SMILES string of the molecule is Cn1c2cc(-c3cccc4nccnc34)sc2c2cc(-c3cccc4nccnc34)sc21. The molecule has 0 N–H and O–H groups in total. The van der Waals surface area contributed by atoms with Gasteiger partial charge in [0.05, 0.1) is 32.3 Å². The van der Waals surface area contributed by atoms with Crippen LogP contribution in [0.4, 0.5) is 0 Å². The normalized spacial score (nSPS) is 11.9. The minimum atomic E-state index is 0.919. The van der Waals surface area contributed by atoms with Crippen molar-refractivity contribution in [1.82, 2.24) is 24.5 Å². The first-order chi connectivity index (χ1) is 15.8. The van der Waals surface area contributed by atoms with Gasteiger partial charge in [-0.2, -0.15) is 0 Å². The van der Waals surface area contributed by atoms with Crippen LogP contribution in [0.15, 0.2) is 73.3 Å². The maximum atomic E-state index is 4.60. The van der Waals surface area contributed by atoms with Crippen LogP contribution in [-0.4, -0.2) is 24.5 Å². The Balaban J connectivity index is 1.45. The van der Waals surface area contributed by atoms with E-state index in [1.54, 1.807) is 36.1 Å². The van der Waals surface area contributed by atoms with E-state index in [4.69, 9.17) is 0 Å². The van der Waals surface area contributed by atoms with Crippen LogP contribution in [0.25, 0.3) is 63.4 Å². The third-order valence-electron chi connectivity index (χ3n) is 5.86. The molecule has 0 unspecified atom stereocenters. The van der Waals surface area contributed by atoms with E-state index >= 15 is 0 Å². The molecule has 7 aromatic rings. The first-order valence-electron chi connectivity index (χ1n) is 10.2. The minimum Gasteiger partial charge on any atom is -0.335 e. The summed E-state index contributed by atoms with van der Waals surface area (Å²) in [5.41, 5.74) is 7.23. The van der Waals surface area contributed by atoms with Crippen LogP contribution in [0, 0.1) is 0 Å². The number of benzene rings is 2. The first kappa shape index (κ1) is 17.9. The fourth-order valence-corrected chi connectivity index (χ4v) is 6.84. The molecule has 0 saturated heterocycles. The molecule has 0 aliphatic rings. The van der Waals surface area contributed by atoms with Crippen molar-refractivity contribution < 1.29 is 0 Å². The van der Waals surface area contributed by atoms with Crippen molar-refractivity contribution >= 4 is 65.2 Å². The minimum absolute atomic E-state index is 0.919. The molecule has 7 rings (SSSR count). The lowest BCUT2D eigenvalue weighted by atomic mass is 10.1. The fraction of sp³-hybridized carbons (Fsp3) is 0.0400. The topological polar surface area (TPSA) is 56.5 Å². The van der Waals surface area contributed by atoms with Crippen LogP contribution in [0.5, 0.6) is 0 Å². The zero-order valence-corrected chi connectivity index (χ0v) is 18.6. The van der Waals surface area contributed by atoms with Crippen molar-refractivity contribution in [3.63, 3.8) is 0 Å². The summed E-state index contributed by atoms with van der Waals surface area (Å²) in [6, 6.07) is 17.0. The van der Waals surface area contributed by atoms with Gasteiger partial charge >= 0.3 is 0 Å². The number of hydrogen-bond donors (Lipinski definition) is 0. The highest BCUT2D eigenvalue weighted by Gasteiger charge is 2.19. The van der Waals surface area contributed by atoms with Gasteiger partial charge in [0.25, 0.3) is 0 Å². The summed E-state index contributed by atoms with van der Waals surface area (Å²) in [4.78, 5) is 21.8. The van der Waals surface area contributed by atoms with Crippen LogP contribution < -0.4 is 0 Å². The summed E-state index contributed by atoms with van der Waals surface area (Å²) < 4.78 is 3.60. The molecule has 0 spiro atoms. The molecule has 152 valence electrons. The maximum absolute atomic E-state index is 4.60. The van der Waals surface area contributed by atoms with Gasteiger partial charge in [-0.05, 0) is 24.3 Å². The molecule has 7 heteroatoms. The predicted octanol–water partition coefficient (Wildman–Crippen LogP) is 6.67. The Kier molecular flexibility index (Phi) is 3.73. The lowest BCUT2D eigenvalue weighted by molar-refractivity contribution is 1.03. The van der Waals surface area contributed by atoms with Crippen molar-refractivity contribution in [3.8, 4) is 20.9 Å². The van der Waals surface area contributed by atoms with Crippen LogP contribution in [0.3, 0.4) is 0 Å². The largest absolute Gasteiger partial charge is 0.335 e. The molecule has 5 aromatic heterocycles. The van der Waals surface area contributed by atoms with Crippen LogP contribution in [0.1, 0.15) is 0 Å². The molecule has 0 aliphatic carbocycles. The smallest absolute Gasteiger partial charge is 0.105 e. The van der Waals surface area contributed by atoms with Crippen molar-refractivity contribution in [1.29, 1.82) is 0 Å². The summed E-state index contributed by atoms with van der Waals surface area (Å²) in [5, 5.41) is 1.28. The Bertz CT molecular complexity index is 1670. The highest BCUT2D eigenvalue weighted by molar-refractivity contribution is 7.26. The molecule has 32 heavy (non-hydrogen) atoms. The van der Waals surface area contributed by atoms with Gasteiger partial charge in [-0.15, -0.1) is 22.7 Å². The van der Waals surface area contributed by atoms with Gasteiger partial charge in [-0.3, -0.25) is 19.9 Å². The number of para-hydroxylation sites is 2. The second kappa shape index (κ2) is 6.66. The number of rotatable bonds is 2. The average molecular weight is 450 g/mol. The summed E-state index contributed by atoms with van der Waals surface area (Å²) in [6.45, 7) is 0. The summed E-state index contributed by atoms with van der Waals surface area (Å²) in [5.74, 6) is 0. The molecular weight excluding hydrogens is 434 g/mol. The van der Waals surface area contributed by atoms with E-state index in [9.17, 15) is 0 Å². The zero-order chi connectivity index (χ0) is 21.2. The molecule has 0 aliphatic heterocycles. The molecule has 0 saturated carbocycles. The number of nitrogens with zero attached hydrogens (tertiary/aromatic N) is 5. The molecule has 0 bridgehead atoms. The van der Waals surface area contributed by atoms with Gasteiger partial charge in [0.1, 0.15) is 4.83 Å². The van der Waals surface area contributed by atoms with Crippen LogP contribution in [0.2, 0.25) is 0 Å². The second-order valence-electron chi connectivity index (χ2n) is 7.67. The van der Waals surface area contributed by atoms with Crippen molar-refractivity contribution in [2.75, 3.05) is 0 Å². The van der Waals surface area contributed by atoms with Gasteiger partial charge in [-0.1, -0.05) is 24.3 Å². The van der Waals surface area contributed by atoms with E-state index in [-0.39, 0.29) is 0 Å². The average Bonchev–Trinajstić information content (AvgIpc) is 3.52. The Hall–Kier alpha value is -3.68. The molecule has 0 radical (unpaired) electrons. The van der Waals surface area contributed by atoms with Gasteiger partial charge in [0, 0.05) is 58.1 Å². The molecule has 0 amide bonds. The summed E-state index contributed by atoms with van der Waals surface area (Å²) >= 11 is 3.62. The fourth-order valence-electron chi connectivity index (χ4n) is 4.37. The van der Waals surface area contributed by atoms with Gasteiger partial charge < -0.3 is 4.57 Å². The number of thiophene rings is 2. The highest BCUT2D eigenvalue weighted by Crippen LogP contribution is 2.45. The summed E-state index contributed by atoms with van der Waals surface area (Å²) in [7, 11) is 2.15. The van der Waals surface area contributed by atoms with Gasteiger partial charge in [0.2, 0.25) is 0 Å². The van der Waals surface area contributed by atoms with Crippen molar-refractivity contribution in [3.05, 3.63) is 73.3 Å². The Morgan fingerprint density at radius 3 is 1.94 bits per heavy atom. The first-order valence-corrected chi connectivity index (χ1v) is 11.8. The van der Waals surface area contributed by atoms with Crippen LogP contribution >= 0.6 is 22.7 Å². The van der Waals surface area contributed by atoms with Crippen molar-refractivity contribution in [2.45, 2.75) is 0 Å². The Morgan fingerprint density at radius 1 is 0.688 bits per heavy atom. The Morgan fingerprint density at radius 2 is 1.28 bits per heavy atom. The number of aromatic nitrogens is 5. The highest BCUT2D eigenvalue weighted by atomic mass is 32.1. The second-order valence-corrected chi connectivity index (χ2v) is 9.76. The standard InChI is InChI=1S/C25H15N5S2/c1-30-19-13-21(15-5-3-7-18-23(15)29-11-9-27-18)31-24(19)16-12-20(32-25(16)30)14-4-2-6-17-22(14)28-10-8-26-17/h2-13H,1H3. The summed E-state index contributed by atoms with van der Waals surface area (Å²) in [6.07, 6.45) is 7.00. The third kappa shape index (κ3) is 2.49. The third-order valence-corrected chi connectivity index (χ3v) is 8.30. The molecule has 5 heterocycles. The molecule has 0 fully saturated rings. The van der Waals surface area contributed by atoms with E-state index in [0.717, 1.165) is 33.2 Å². The van der Waals surface area contributed by atoms with Crippen LogP contribution in [-0.2, 0) is 7.05 Å². The van der Waals surface area contributed by atoms with E-state index in [1.165, 1.54) is 30.2 Å².